The highest BCUT2D eigenvalue weighted by Gasteiger charge is 2.50. The molecule has 108 valence electrons. The van der Waals surface area contributed by atoms with Gasteiger partial charge in [-0.25, -0.2) is 0 Å². The summed E-state index contributed by atoms with van der Waals surface area (Å²) in [4.78, 5) is 0. The van der Waals surface area contributed by atoms with E-state index in [2.05, 4.69) is 26.8 Å². The summed E-state index contributed by atoms with van der Waals surface area (Å²) in [6, 6.07) is 5.63. The monoisotopic (exact) mass is 272 g/mol. The summed E-state index contributed by atoms with van der Waals surface area (Å²) < 4.78 is 0. The van der Waals surface area contributed by atoms with Gasteiger partial charge in [0.25, 0.3) is 0 Å². The van der Waals surface area contributed by atoms with Crippen LogP contribution in [-0.2, 0) is 0 Å². The first-order valence-corrected chi connectivity index (χ1v) is 7.61. The molecule has 2 heteroatoms. The van der Waals surface area contributed by atoms with Crippen LogP contribution in [0.1, 0.15) is 44.2 Å². The Bertz CT molecular complexity index is 561. The average molecular weight is 272 g/mol. The van der Waals surface area contributed by atoms with Crippen molar-refractivity contribution in [2.45, 2.75) is 46.1 Å². The van der Waals surface area contributed by atoms with Gasteiger partial charge >= 0.3 is 0 Å². The molecule has 1 aromatic carbocycles. The lowest BCUT2D eigenvalue weighted by Crippen LogP contribution is -2.38. The molecule has 0 unspecified atom stereocenters. The van der Waals surface area contributed by atoms with Gasteiger partial charge in [0.1, 0.15) is 5.75 Å². The lowest BCUT2D eigenvalue weighted by molar-refractivity contribution is 0.0289. The molecule has 2 nitrogen and oxygen atoms in total. The van der Waals surface area contributed by atoms with Crippen LogP contribution in [0.15, 0.2) is 24.3 Å². The SMILES string of the molecule is Cc1cc(O)ccc1C1=CC[C@@]2(C)[C@H](CC[C@@H]2O)[C@@H]1C. The molecule has 1 fully saturated rings. The number of aliphatic hydroxyl groups is 1. The minimum absolute atomic E-state index is 0.0493. The summed E-state index contributed by atoms with van der Waals surface area (Å²) in [5.74, 6) is 1.36. The van der Waals surface area contributed by atoms with Crippen LogP contribution in [-0.4, -0.2) is 16.3 Å². The maximum atomic E-state index is 10.3. The van der Waals surface area contributed by atoms with Gasteiger partial charge in [-0.15, -0.1) is 0 Å². The molecule has 1 aromatic rings. The summed E-state index contributed by atoms with van der Waals surface area (Å²) >= 11 is 0. The van der Waals surface area contributed by atoms with Gasteiger partial charge < -0.3 is 10.2 Å². The Labute approximate surface area is 121 Å². The number of phenols is 1. The quantitative estimate of drug-likeness (QED) is 0.814. The molecule has 2 N–H and O–H groups in total. The van der Waals surface area contributed by atoms with Crippen LogP contribution < -0.4 is 0 Å². The van der Waals surface area contributed by atoms with E-state index in [1.807, 2.05) is 12.1 Å². The molecule has 2 aliphatic rings. The van der Waals surface area contributed by atoms with Crippen LogP contribution in [0.4, 0.5) is 0 Å². The molecule has 0 aliphatic heterocycles. The van der Waals surface area contributed by atoms with Crippen molar-refractivity contribution in [2.24, 2.45) is 17.3 Å². The van der Waals surface area contributed by atoms with E-state index in [9.17, 15) is 10.2 Å². The summed E-state index contributed by atoms with van der Waals surface area (Å²) in [5, 5.41) is 19.9. The zero-order valence-electron chi connectivity index (χ0n) is 12.6. The molecule has 0 amide bonds. The molecular formula is C18H24O2. The van der Waals surface area contributed by atoms with Crippen molar-refractivity contribution < 1.29 is 10.2 Å². The topological polar surface area (TPSA) is 40.5 Å². The van der Waals surface area contributed by atoms with Crippen molar-refractivity contribution in [3.05, 3.63) is 35.4 Å². The number of rotatable bonds is 1. The number of aromatic hydroxyl groups is 1. The number of hydrogen-bond acceptors (Lipinski definition) is 2. The molecule has 0 aromatic heterocycles. The van der Waals surface area contributed by atoms with Gasteiger partial charge in [-0.1, -0.05) is 26.0 Å². The molecule has 2 aliphatic carbocycles. The van der Waals surface area contributed by atoms with Crippen molar-refractivity contribution in [1.29, 1.82) is 0 Å². The zero-order chi connectivity index (χ0) is 14.5. The summed E-state index contributed by atoms with van der Waals surface area (Å²) in [7, 11) is 0. The molecule has 0 heterocycles. The number of allylic oxidation sites excluding steroid dienone is 2. The third kappa shape index (κ3) is 1.89. The first kappa shape index (κ1) is 13.7. The Morgan fingerprint density at radius 1 is 1.25 bits per heavy atom. The van der Waals surface area contributed by atoms with Crippen molar-refractivity contribution >= 4 is 5.57 Å². The largest absolute Gasteiger partial charge is 0.508 e. The predicted octanol–water partition coefficient (Wildman–Crippen LogP) is 3.90. The molecule has 1 saturated carbocycles. The standard InChI is InChI=1S/C18H24O2/c1-11-10-13(19)4-5-14(11)15-8-9-18(3)16(12(15)2)6-7-17(18)20/h4-5,8,10,12,16-17,19-20H,6-7,9H2,1-3H3/t12-,16-,17+,18+/m1/s1. The summed E-state index contributed by atoms with van der Waals surface area (Å²) in [5.41, 5.74) is 3.82. The van der Waals surface area contributed by atoms with Crippen molar-refractivity contribution in [3.8, 4) is 5.75 Å². The highest BCUT2D eigenvalue weighted by atomic mass is 16.3. The average Bonchev–Trinajstić information content (AvgIpc) is 2.69. The number of aryl methyl sites for hydroxylation is 1. The number of fused-ring (bicyclic) bond motifs is 1. The van der Waals surface area contributed by atoms with E-state index in [0.717, 1.165) is 24.8 Å². The maximum absolute atomic E-state index is 10.3. The zero-order valence-corrected chi connectivity index (χ0v) is 12.6. The van der Waals surface area contributed by atoms with E-state index in [0.29, 0.717) is 17.6 Å². The van der Waals surface area contributed by atoms with E-state index in [4.69, 9.17) is 0 Å². The van der Waals surface area contributed by atoms with Crippen molar-refractivity contribution in [1.82, 2.24) is 0 Å². The smallest absolute Gasteiger partial charge is 0.115 e. The number of phenolic OH excluding ortho intramolecular Hbond substituents is 1. The van der Waals surface area contributed by atoms with Crippen LogP contribution in [0.5, 0.6) is 5.75 Å². The lowest BCUT2D eigenvalue weighted by Gasteiger charge is -2.42. The molecule has 0 radical (unpaired) electrons. The molecule has 0 spiro atoms. The van der Waals surface area contributed by atoms with Crippen LogP contribution in [0, 0.1) is 24.2 Å². The first-order chi connectivity index (χ1) is 9.43. The van der Waals surface area contributed by atoms with Gasteiger partial charge in [-0.3, -0.25) is 0 Å². The Hall–Kier alpha value is -1.28. The first-order valence-electron chi connectivity index (χ1n) is 7.61. The van der Waals surface area contributed by atoms with Crippen LogP contribution >= 0.6 is 0 Å². The molecule has 3 rings (SSSR count). The van der Waals surface area contributed by atoms with Crippen molar-refractivity contribution in [3.63, 3.8) is 0 Å². The van der Waals surface area contributed by atoms with Gasteiger partial charge in [0.2, 0.25) is 0 Å². The van der Waals surface area contributed by atoms with E-state index in [1.54, 1.807) is 6.07 Å². The van der Waals surface area contributed by atoms with Crippen LogP contribution in [0.2, 0.25) is 0 Å². The van der Waals surface area contributed by atoms with Gasteiger partial charge in [-0.05, 0) is 66.9 Å². The van der Waals surface area contributed by atoms with E-state index < -0.39 is 0 Å². The van der Waals surface area contributed by atoms with Crippen LogP contribution in [0.3, 0.4) is 0 Å². The molecule has 20 heavy (non-hydrogen) atoms. The number of aliphatic hydroxyl groups excluding tert-OH is 1. The molecular weight excluding hydrogens is 248 g/mol. The molecule has 0 bridgehead atoms. The highest BCUT2D eigenvalue weighted by molar-refractivity contribution is 5.71. The number of hydrogen-bond donors (Lipinski definition) is 2. The van der Waals surface area contributed by atoms with E-state index >= 15 is 0 Å². The van der Waals surface area contributed by atoms with E-state index in [1.165, 1.54) is 11.1 Å². The lowest BCUT2D eigenvalue weighted by atomic mass is 9.63. The van der Waals surface area contributed by atoms with Crippen molar-refractivity contribution in [2.75, 3.05) is 0 Å². The normalized spacial score (nSPS) is 36.6. The van der Waals surface area contributed by atoms with Gasteiger partial charge in [0, 0.05) is 5.41 Å². The Balaban J connectivity index is 2.00. The summed E-state index contributed by atoms with van der Waals surface area (Å²) in [6.45, 7) is 6.58. The predicted molar refractivity (Wildman–Crippen MR) is 81.4 cm³/mol. The molecule has 4 atom stereocenters. The minimum Gasteiger partial charge on any atom is -0.508 e. The summed E-state index contributed by atoms with van der Waals surface area (Å²) in [6.07, 6.45) is 5.16. The second kappa shape index (κ2) is 4.63. The fourth-order valence-corrected chi connectivity index (χ4v) is 4.41. The fraction of sp³-hybridized carbons (Fsp3) is 0.556. The number of benzene rings is 1. The van der Waals surface area contributed by atoms with Gasteiger partial charge in [0.15, 0.2) is 0 Å². The Kier molecular flexibility index (Phi) is 3.17. The maximum Gasteiger partial charge on any atom is 0.115 e. The van der Waals surface area contributed by atoms with Gasteiger partial charge in [0.05, 0.1) is 6.10 Å². The van der Waals surface area contributed by atoms with Crippen LogP contribution in [0.25, 0.3) is 5.57 Å². The van der Waals surface area contributed by atoms with E-state index in [-0.39, 0.29) is 11.5 Å². The Morgan fingerprint density at radius 3 is 2.70 bits per heavy atom. The van der Waals surface area contributed by atoms with Gasteiger partial charge in [-0.2, -0.15) is 0 Å². The molecule has 0 saturated heterocycles. The fourth-order valence-electron chi connectivity index (χ4n) is 4.41. The third-order valence-electron chi connectivity index (χ3n) is 5.74. The minimum atomic E-state index is -0.159. The Morgan fingerprint density at radius 2 is 2.00 bits per heavy atom. The second-order valence-corrected chi connectivity index (χ2v) is 6.86. The highest BCUT2D eigenvalue weighted by Crippen LogP contribution is 2.55. The second-order valence-electron chi connectivity index (χ2n) is 6.86. The third-order valence-corrected chi connectivity index (χ3v) is 5.74.